The summed E-state index contributed by atoms with van der Waals surface area (Å²) in [5, 5.41) is 9.66. The van der Waals surface area contributed by atoms with Gasteiger partial charge in [0.2, 0.25) is 5.91 Å². The van der Waals surface area contributed by atoms with Crippen molar-refractivity contribution in [1.29, 1.82) is 0 Å². The molecule has 1 amide bonds. The van der Waals surface area contributed by atoms with Crippen LogP contribution >= 0.6 is 23.4 Å². The number of carbonyl (C=O) groups excluding carboxylic acids is 1. The largest absolute Gasteiger partial charge is 0.337 e. The Balaban J connectivity index is 1.48. The molecule has 7 heteroatoms. The van der Waals surface area contributed by atoms with Crippen LogP contribution in [0.15, 0.2) is 53.7 Å². The minimum absolute atomic E-state index is 0.127. The van der Waals surface area contributed by atoms with Crippen LogP contribution in [0.25, 0.3) is 11.4 Å². The van der Waals surface area contributed by atoms with Crippen LogP contribution in [-0.2, 0) is 24.8 Å². The lowest BCUT2D eigenvalue weighted by Gasteiger charge is -2.30. The highest BCUT2D eigenvalue weighted by Crippen LogP contribution is 2.30. The average molecular weight is 413 g/mol. The van der Waals surface area contributed by atoms with Crippen molar-refractivity contribution >= 4 is 29.3 Å². The fourth-order valence-corrected chi connectivity index (χ4v) is 4.56. The van der Waals surface area contributed by atoms with Crippen LogP contribution in [0.2, 0.25) is 5.02 Å². The Hall–Kier alpha value is -2.31. The topological polar surface area (TPSA) is 51.0 Å². The molecule has 0 bridgehead atoms. The van der Waals surface area contributed by atoms with Gasteiger partial charge in [0.1, 0.15) is 0 Å². The summed E-state index contributed by atoms with van der Waals surface area (Å²) in [6.45, 7) is 3.35. The maximum absolute atomic E-state index is 13.0. The minimum Gasteiger partial charge on any atom is -0.337 e. The van der Waals surface area contributed by atoms with Crippen LogP contribution in [0.1, 0.15) is 18.1 Å². The summed E-state index contributed by atoms with van der Waals surface area (Å²) in [5.41, 5.74) is 3.40. The second-order valence-electron chi connectivity index (χ2n) is 6.88. The Morgan fingerprint density at radius 2 is 1.82 bits per heavy atom. The van der Waals surface area contributed by atoms with E-state index in [4.69, 9.17) is 11.6 Å². The number of fused-ring (bicyclic) bond motifs is 1. The molecule has 0 spiro atoms. The maximum Gasteiger partial charge on any atom is 0.236 e. The number of rotatable bonds is 4. The van der Waals surface area contributed by atoms with Gasteiger partial charge in [-0.2, -0.15) is 0 Å². The Kier molecular flexibility index (Phi) is 5.42. The molecular formula is C21H21ClN4OS. The normalized spacial score (nSPS) is 14.6. The summed E-state index contributed by atoms with van der Waals surface area (Å²) in [4.78, 5) is 14.9. The molecule has 0 saturated heterocycles. The zero-order chi connectivity index (χ0) is 19.7. The van der Waals surface area contributed by atoms with Gasteiger partial charge in [-0.1, -0.05) is 59.8 Å². The number of carbonyl (C=O) groups is 1. The molecule has 1 aromatic heterocycles. The first kappa shape index (κ1) is 19.0. The first-order valence-corrected chi connectivity index (χ1v) is 10.5. The molecule has 144 valence electrons. The molecule has 1 atom stereocenters. The minimum atomic E-state index is -0.243. The molecule has 0 fully saturated rings. The van der Waals surface area contributed by atoms with Crippen molar-refractivity contribution in [3.63, 3.8) is 0 Å². The zero-order valence-corrected chi connectivity index (χ0v) is 17.4. The fraction of sp³-hybridized carbons (Fsp3) is 0.286. The number of nitrogens with zero attached hydrogens (tertiary/aromatic N) is 4. The lowest BCUT2D eigenvalue weighted by molar-refractivity contribution is -0.131. The SMILES string of the molecule is C[C@H](Sc1nnc(-c2ccccc2Cl)n1C)C(=O)N1CCc2ccccc2C1. The molecule has 0 N–H and O–H groups in total. The van der Waals surface area contributed by atoms with Crippen LogP contribution in [0.4, 0.5) is 0 Å². The van der Waals surface area contributed by atoms with Crippen LogP contribution < -0.4 is 0 Å². The van der Waals surface area contributed by atoms with Gasteiger partial charge in [0.05, 0.1) is 10.3 Å². The van der Waals surface area contributed by atoms with Gasteiger partial charge in [0.15, 0.2) is 11.0 Å². The second kappa shape index (κ2) is 7.97. The Labute approximate surface area is 173 Å². The van der Waals surface area contributed by atoms with Crippen molar-refractivity contribution in [3.05, 3.63) is 64.7 Å². The van der Waals surface area contributed by atoms with Crippen molar-refractivity contribution in [2.24, 2.45) is 7.05 Å². The molecule has 3 aromatic rings. The quantitative estimate of drug-likeness (QED) is 0.602. The van der Waals surface area contributed by atoms with Gasteiger partial charge in [-0.05, 0) is 36.6 Å². The van der Waals surface area contributed by atoms with E-state index in [9.17, 15) is 4.79 Å². The highest BCUT2D eigenvalue weighted by molar-refractivity contribution is 8.00. The third-order valence-electron chi connectivity index (χ3n) is 5.02. The average Bonchev–Trinajstić information content (AvgIpc) is 3.07. The predicted molar refractivity (Wildman–Crippen MR) is 112 cm³/mol. The van der Waals surface area contributed by atoms with E-state index < -0.39 is 0 Å². The van der Waals surface area contributed by atoms with E-state index in [2.05, 4.69) is 28.4 Å². The van der Waals surface area contributed by atoms with Gasteiger partial charge in [-0.25, -0.2) is 0 Å². The van der Waals surface area contributed by atoms with Gasteiger partial charge < -0.3 is 9.47 Å². The fourth-order valence-electron chi connectivity index (χ4n) is 3.44. The number of halogens is 1. The third-order valence-corrected chi connectivity index (χ3v) is 6.47. The summed E-state index contributed by atoms with van der Waals surface area (Å²) >= 11 is 7.72. The van der Waals surface area contributed by atoms with Crippen LogP contribution in [0.5, 0.6) is 0 Å². The Morgan fingerprint density at radius 3 is 2.61 bits per heavy atom. The highest BCUT2D eigenvalue weighted by Gasteiger charge is 2.27. The van der Waals surface area contributed by atoms with Gasteiger partial charge in [0, 0.05) is 25.7 Å². The maximum atomic E-state index is 13.0. The zero-order valence-electron chi connectivity index (χ0n) is 15.8. The van der Waals surface area contributed by atoms with Crippen molar-refractivity contribution in [3.8, 4) is 11.4 Å². The van der Waals surface area contributed by atoms with Crippen molar-refractivity contribution in [2.45, 2.75) is 30.3 Å². The van der Waals surface area contributed by atoms with E-state index in [-0.39, 0.29) is 11.2 Å². The van der Waals surface area contributed by atoms with Gasteiger partial charge in [0.25, 0.3) is 0 Å². The molecule has 2 heterocycles. The van der Waals surface area contributed by atoms with Crippen LogP contribution in [-0.4, -0.2) is 37.4 Å². The summed E-state index contributed by atoms with van der Waals surface area (Å²) in [7, 11) is 1.90. The second-order valence-corrected chi connectivity index (χ2v) is 8.60. The lowest BCUT2D eigenvalue weighted by Crippen LogP contribution is -2.40. The molecule has 28 heavy (non-hydrogen) atoms. The number of benzene rings is 2. The number of aromatic nitrogens is 3. The van der Waals surface area contributed by atoms with E-state index in [1.54, 1.807) is 0 Å². The van der Waals surface area contributed by atoms with Crippen molar-refractivity contribution in [2.75, 3.05) is 6.54 Å². The van der Waals surface area contributed by atoms with Crippen LogP contribution in [0.3, 0.4) is 0 Å². The predicted octanol–water partition coefficient (Wildman–Crippen LogP) is 4.20. The standard InChI is InChI=1S/C21H21ClN4OS/c1-14(20(27)26-12-11-15-7-3-4-8-16(15)13-26)28-21-24-23-19(25(21)2)17-9-5-6-10-18(17)22/h3-10,14H,11-13H2,1-2H3/t14-/m0/s1. The molecule has 1 aliphatic heterocycles. The number of thioether (sulfide) groups is 1. The summed E-state index contributed by atoms with van der Waals surface area (Å²) in [6, 6.07) is 15.9. The summed E-state index contributed by atoms with van der Waals surface area (Å²) in [5.74, 6) is 0.821. The molecule has 5 nitrogen and oxygen atoms in total. The van der Waals surface area contributed by atoms with E-state index in [0.29, 0.717) is 22.5 Å². The molecular weight excluding hydrogens is 392 g/mol. The first-order valence-electron chi connectivity index (χ1n) is 9.21. The van der Waals surface area contributed by atoms with E-state index >= 15 is 0 Å². The molecule has 4 rings (SSSR count). The summed E-state index contributed by atoms with van der Waals surface area (Å²) in [6.07, 6.45) is 0.903. The number of hydrogen-bond donors (Lipinski definition) is 0. The molecule has 0 saturated carbocycles. The Bertz CT molecular complexity index is 1020. The smallest absolute Gasteiger partial charge is 0.236 e. The molecule has 1 aliphatic rings. The van der Waals surface area contributed by atoms with E-state index in [1.165, 1.54) is 22.9 Å². The third kappa shape index (κ3) is 3.66. The van der Waals surface area contributed by atoms with Gasteiger partial charge in [-0.3, -0.25) is 4.79 Å². The van der Waals surface area contributed by atoms with Gasteiger partial charge >= 0.3 is 0 Å². The van der Waals surface area contributed by atoms with Crippen molar-refractivity contribution in [1.82, 2.24) is 19.7 Å². The van der Waals surface area contributed by atoms with Crippen LogP contribution in [0, 0.1) is 0 Å². The molecule has 2 aromatic carbocycles. The monoisotopic (exact) mass is 412 g/mol. The van der Waals surface area contributed by atoms with Gasteiger partial charge in [-0.15, -0.1) is 10.2 Å². The van der Waals surface area contributed by atoms with E-state index in [0.717, 1.165) is 18.5 Å². The number of amides is 1. The molecule has 0 unspecified atom stereocenters. The number of hydrogen-bond acceptors (Lipinski definition) is 4. The highest BCUT2D eigenvalue weighted by atomic mass is 35.5. The molecule has 0 radical (unpaired) electrons. The molecule has 0 aliphatic carbocycles. The Morgan fingerprint density at radius 1 is 1.11 bits per heavy atom. The van der Waals surface area contributed by atoms with E-state index in [1.807, 2.05) is 53.8 Å². The summed E-state index contributed by atoms with van der Waals surface area (Å²) < 4.78 is 1.89. The first-order chi connectivity index (χ1) is 13.5. The van der Waals surface area contributed by atoms with Crippen molar-refractivity contribution < 1.29 is 4.79 Å². The lowest BCUT2D eigenvalue weighted by atomic mass is 10.00.